The van der Waals surface area contributed by atoms with Crippen LogP contribution in [0.25, 0.3) is 10.9 Å². The van der Waals surface area contributed by atoms with E-state index in [2.05, 4.69) is 4.90 Å². The predicted octanol–water partition coefficient (Wildman–Crippen LogP) is 0.732. The molecule has 1 atom stereocenters. The van der Waals surface area contributed by atoms with Crippen molar-refractivity contribution in [1.82, 2.24) is 9.47 Å². The van der Waals surface area contributed by atoms with Crippen LogP contribution in [-0.4, -0.2) is 47.0 Å². The number of aryl methyl sites for hydroxylation is 1. The van der Waals surface area contributed by atoms with Gasteiger partial charge in [-0.15, -0.1) is 0 Å². The topological polar surface area (TPSA) is 54.7 Å². The van der Waals surface area contributed by atoms with Crippen LogP contribution in [0.5, 0.6) is 0 Å². The Morgan fingerprint density at radius 2 is 2.19 bits per heavy atom. The quantitative estimate of drug-likeness (QED) is 0.905. The molecule has 5 nitrogen and oxygen atoms in total. The molecule has 0 aliphatic carbocycles. The molecule has 5 heteroatoms. The number of aliphatic hydroxyl groups excluding tert-OH is 1. The van der Waals surface area contributed by atoms with E-state index >= 15 is 0 Å². The minimum Gasteiger partial charge on any atom is -0.395 e. The molecule has 1 aromatic carbocycles. The molecule has 1 aromatic heterocycles. The zero-order valence-corrected chi connectivity index (χ0v) is 12.2. The molecule has 1 fully saturated rings. The van der Waals surface area contributed by atoms with Gasteiger partial charge in [-0.05, 0) is 17.5 Å². The van der Waals surface area contributed by atoms with Gasteiger partial charge < -0.3 is 14.4 Å². The van der Waals surface area contributed by atoms with Crippen LogP contribution >= 0.6 is 0 Å². The van der Waals surface area contributed by atoms with Gasteiger partial charge in [-0.3, -0.25) is 9.69 Å². The van der Waals surface area contributed by atoms with Crippen molar-refractivity contribution >= 4 is 10.9 Å². The van der Waals surface area contributed by atoms with Crippen molar-refractivity contribution in [2.75, 3.05) is 26.4 Å². The molecule has 2 heterocycles. The first-order valence-corrected chi connectivity index (χ1v) is 7.21. The maximum Gasteiger partial charge on any atom is 0.255 e. The predicted molar refractivity (Wildman–Crippen MR) is 81.3 cm³/mol. The summed E-state index contributed by atoms with van der Waals surface area (Å²) >= 11 is 0. The van der Waals surface area contributed by atoms with E-state index in [4.69, 9.17) is 4.74 Å². The first kappa shape index (κ1) is 14.3. The molecule has 1 saturated heterocycles. The fraction of sp³-hybridized carbons (Fsp3) is 0.438. The largest absolute Gasteiger partial charge is 0.395 e. The third-order valence-corrected chi connectivity index (χ3v) is 4.14. The standard InChI is InChI=1S/C16H20N2O3/c1-17-15-5-3-2-4-12(15)8-13(16(17)20)9-18-6-7-21-11-14(18)10-19/h2-5,8,14,19H,6-7,9-11H2,1H3. The maximum absolute atomic E-state index is 12.5. The summed E-state index contributed by atoms with van der Waals surface area (Å²) in [5, 5.41) is 10.5. The molecule has 0 spiro atoms. The highest BCUT2D eigenvalue weighted by Crippen LogP contribution is 2.15. The van der Waals surface area contributed by atoms with Gasteiger partial charge in [0.1, 0.15) is 0 Å². The number of pyridine rings is 1. The lowest BCUT2D eigenvalue weighted by atomic mass is 10.1. The zero-order chi connectivity index (χ0) is 14.8. The third-order valence-electron chi connectivity index (χ3n) is 4.14. The van der Waals surface area contributed by atoms with Crippen LogP contribution < -0.4 is 5.56 Å². The van der Waals surface area contributed by atoms with Crippen LogP contribution in [-0.2, 0) is 18.3 Å². The molecule has 0 saturated carbocycles. The van der Waals surface area contributed by atoms with Gasteiger partial charge in [0.15, 0.2) is 0 Å². The Balaban J connectivity index is 1.97. The molecule has 21 heavy (non-hydrogen) atoms. The normalized spacial score (nSPS) is 20.0. The van der Waals surface area contributed by atoms with Gasteiger partial charge in [0.2, 0.25) is 0 Å². The van der Waals surface area contributed by atoms with Crippen LogP contribution in [0.3, 0.4) is 0 Å². The fourth-order valence-electron chi connectivity index (χ4n) is 2.89. The fourth-order valence-corrected chi connectivity index (χ4v) is 2.89. The van der Waals surface area contributed by atoms with Gasteiger partial charge in [-0.1, -0.05) is 18.2 Å². The van der Waals surface area contributed by atoms with Gasteiger partial charge in [0.25, 0.3) is 5.56 Å². The molecule has 1 unspecified atom stereocenters. The molecule has 1 aliphatic heterocycles. The Kier molecular flexibility index (Phi) is 4.05. The van der Waals surface area contributed by atoms with Gasteiger partial charge in [-0.2, -0.15) is 0 Å². The Morgan fingerprint density at radius 3 is 3.00 bits per heavy atom. The van der Waals surface area contributed by atoms with Crippen LogP contribution in [0.2, 0.25) is 0 Å². The molecule has 1 N–H and O–H groups in total. The van der Waals surface area contributed by atoms with E-state index in [9.17, 15) is 9.90 Å². The van der Waals surface area contributed by atoms with E-state index in [1.807, 2.05) is 30.3 Å². The monoisotopic (exact) mass is 288 g/mol. The summed E-state index contributed by atoms with van der Waals surface area (Å²) < 4.78 is 7.07. The van der Waals surface area contributed by atoms with Crippen molar-refractivity contribution in [2.45, 2.75) is 12.6 Å². The summed E-state index contributed by atoms with van der Waals surface area (Å²) in [4.78, 5) is 14.6. The van der Waals surface area contributed by atoms with E-state index in [0.717, 1.165) is 23.0 Å². The third kappa shape index (κ3) is 2.72. The molecule has 3 rings (SSSR count). The summed E-state index contributed by atoms with van der Waals surface area (Å²) in [5.41, 5.74) is 1.72. The highest BCUT2D eigenvalue weighted by Gasteiger charge is 2.23. The molecule has 112 valence electrons. The Bertz CT molecular complexity index is 695. The van der Waals surface area contributed by atoms with Crippen LogP contribution in [0, 0.1) is 0 Å². The van der Waals surface area contributed by atoms with E-state index in [-0.39, 0.29) is 18.2 Å². The minimum absolute atomic E-state index is 0.0249. The number of nitrogens with zero attached hydrogens (tertiary/aromatic N) is 2. The van der Waals surface area contributed by atoms with Crippen LogP contribution in [0.4, 0.5) is 0 Å². The second kappa shape index (κ2) is 5.97. The minimum atomic E-state index is -0.0325. The molecule has 1 aliphatic rings. The molecular formula is C16H20N2O3. The average molecular weight is 288 g/mol. The summed E-state index contributed by atoms with van der Waals surface area (Å²) in [6.07, 6.45) is 0. The first-order valence-electron chi connectivity index (χ1n) is 7.21. The van der Waals surface area contributed by atoms with Crippen LogP contribution in [0.15, 0.2) is 35.1 Å². The summed E-state index contributed by atoms with van der Waals surface area (Å²) in [6, 6.07) is 9.80. The number of fused-ring (bicyclic) bond motifs is 1. The smallest absolute Gasteiger partial charge is 0.255 e. The SMILES string of the molecule is Cn1c(=O)c(CN2CCOCC2CO)cc2ccccc21. The highest BCUT2D eigenvalue weighted by atomic mass is 16.5. The van der Waals surface area contributed by atoms with E-state index in [0.29, 0.717) is 19.8 Å². The number of hydrogen-bond donors (Lipinski definition) is 1. The van der Waals surface area contributed by atoms with Gasteiger partial charge in [0.05, 0.1) is 31.4 Å². The number of hydrogen-bond acceptors (Lipinski definition) is 4. The number of ether oxygens (including phenoxy) is 1. The van der Waals surface area contributed by atoms with Crippen molar-refractivity contribution in [3.63, 3.8) is 0 Å². The van der Waals surface area contributed by atoms with E-state index in [1.54, 1.807) is 11.6 Å². The summed E-state index contributed by atoms with van der Waals surface area (Å²) in [5.74, 6) is 0. The molecular weight excluding hydrogens is 268 g/mol. The Hall–Kier alpha value is -1.69. The van der Waals surface area contributed by atoms with Gasteiger partial charge in [-0.25, -0.2) is 0 Å². The number of para-hydroxylation sites is 1. The summed E-state index contributed by atoms with van der Waals surface area (Å²) in [7, 11) is 1.80. The lowest BCUT2D eigenvalue weighted by Crippen LogP contribution is -2.47. The molecule has 0 radical (unpaired) electrons. The number of morpholine rings is 1. The lowest BCUT2D eigenvalue weighted by molar-refractivity contribution is -0.0314. The number of rotatable bonds is 3. The lowest BCUT2D eigenvalue weighted by Gasteiger charge is -2.34. The van der Waals surface area contributed by atoms with Crippen molar-refractivity contribution in [2.24, 2.45) is 7.05 Å². The van der Waals surface area contributed by atoms with Crippen molar-refractivity contribution in [3.8, 4) is 0 Å². The first-order chi connectivity index (χ1) is 10.2. The Labute approximate surface area is 123 Å². The van der Waals surface area contributed by atoms with Crippen molar-refractivity contribution in [3.05, 3.63) is 46.2 Å². The summed E-state index contributed by atoms with van der Waals surface area (Å²) in [6.45, 7) is 2.50. The van der Waals surface area contributed by atoms with E-state index in [1.165, 1.54) is 0 Å². The average Bonchev–Trinajstić information content (AvgIpc) is 2.53. The van der Waals surface area contributed by atoms with Crippen LogP contribution in [0.1, 0.15) is 5.56 Å². The number of benzene rings is 1. The zero-order valence-electron chi connectivity index (χ0n) is 12.2. The second-order valence-corrected chi connectivity index (χ2v) is 5.47. The number of aliphatic hydroxyl groups is 1. The molecule has 2 aromatic rings. The van der Waals surface area contributed by atoms with Crippen molar-refractivity contribution < 1.29 is 9.84 Å². The molecule has 0 amide bonds. The molecule has 0 bridgehead atoms. The van der Waals surface area contributed by atoms with Gasteiger partial charge in [0, 0.05) is 25.7 Å². The van der Waals surface area contributed by atoms with Gasteiger partial charge >= 0.3 is 0 Å². The Morgan fingerprint density at radius 1 is 1.38 bits per heavy atom. The van der Waals surface area contributed by atoms with Crippen molar-refractivity contribution in [1.29, 1.82) is 0 Å². The maximum atomic E-state index is 12.5. The highest BCUT2D eigenvalue weighted by molar-refractivity contribution is 5.79. The second-order valence-electron chi connectivity index (χ2n) is 5.47. The van der Waals surface area contributed by atoms with E-state index < -0.39 is 0 Å². The number of aromatic nitrogens is 1.